The van der Waals surface area contributed by atoms with Crippen molar-refractivity contribution in [2.24, 2.45) is 5.92 Å². The number of hydrogen-bond acceptors (Lipinski definition) is 4. The number of benzene rings is 2. The highest BCUT2D eigenvalue weighted by Crippen LogP contribution is 2.18. The second-order valence-corrected chi connectivity index (χ2v) is 7.12. The number of carbonyl (C=O) groups is 3. The summed E-state index contributed by atoms with van der Waals surface area (Å²) in [5.41, 5.74) is 0.870. The van der Waals surface area contributed by atoms with Gasteiger partial charge in [-0.1, -0.05) is 56.3 Å². The average Bonchev–Trinajstić information content (AvgIpc) is 2.72. The Morgan fingerprint density at radius 2 is 1.67 bits per heavy atom. The number of amides is 2. The van der Waals surface area contributed by atoms with Gasteiger partial charge in [-0.25, -0.2) is 4.79 Å². The molecule has 2 amide bonds. The lowest BCUT2D eigenvalue weighted by Gasteiger charge is -2.18. The summed E-state index contributed by atoms with van der Waals surface area (Å²) >= 11 is 0. The number of rotatable bonds is 9. The van der Waals surface area contributed by atoms with Gasteiger partial charge in [0.15, 0.2) is 0 Å². The quantitative estimate of drug-likeness (QED) is 0.551. The van der Waals surface area contributed by atoms with Crippen LogP contribution in [0.15, 0.2) is 60.3 Å². The highest BCUT2D eigenvalue weighted by molar-refractivity contribution is 6.07. The summed E-state index contributed by atoms with van der Waals surface area (Å²) < 4.78 is 5.21. The molecule has 1 atom stereocenters. The Morgan fingerprint density at radius 1 is 1.03 bits per heavy atom. The Labute approximate surface area is 175 Å². The third-order valence-corrected chi connectivity index (χ3v) is 4.27. The van der Waals surface area contributed by atoms with Gasteiger partial charge in [0, 0.05) is 0 Å². The lowest BCUT2D eigenvalue weighted by molar-refractivity contribution is -0.141. The van der Waals surface area contributed by atoms with Crippen LogP contribution in [0.1, 0.15) is 36.2 Å². The van der Waals surface area contributed by atoms with Crippen LogP contribution in [0.4, 0.5) is 0 Å². The van der Waals surface area contributed by atoms with E-state index in [0.717, 1.165) is 0 Å². The van der Waals surface area contributed by atoms with E-state index in [1.54, 1.807) is 48.5 Å². The fraction of sp³-hybridized carbons (Fsp3) is 0.261. The van der Waals surface area contributed by atoms with Crippen LogP contribution in [0, 0.1) is 5.92 Å². The van der Waals surface area contributed by atoms with Gasteiger partial charge in [0.25, 0.3) is 11.8 Å². The maximum absolute atomic E-state index is 12.9. The third kappa shape index (κ3) is 6.48. The summed E-state index contributed by atoms with van der Waals surface area (Å²) in [6.45, 7) is 3.73. The molecule has 2 aromatic carbocycles. The SMILES string of the molecule is COc1ccccc1C(=O)N/C(=C\c1ccccc1)C(=O)NC(CC(C)C)C(=O)O. The number of nitrogens with one attached hydrogen (secondary N) is 2. The van der Waals surface area contributed by atoms with Crippen LogP contribution >= 0.6 is 0 Å². The molecule has 158 valence electrons. The van der Waals surface area contributed by atoms with Crippen molar-refractivity contribution in [3.05, 3.63) is 71.4 Å². The Bertz CT molecular complexity index is 922. The van der Waals surface area contributed by atoms with Crippen molar-refractivity contribution in [1.82, 2.24) is 10.6 Å². The van der Waals surface area contributed by atoms with E-state index in [4.69, 9.17) is 4.74 Å². The van der Waals surface area contributed by atoms with Crippen molar-refractivity contribution < 1.29 is 24.2 Å². The lowest BCUT2D eigenvalue weighted by atomic mass is 10.0. The van der Waals surface area contributed by atoms with Crippen LogP contribution in [0.2, 0.25) is 0 Å². The van der Waals surface area contributed by atoms with E-state index < -0.39 is 23.8 Å². The molecule has 0 heterocycles. The molecule has 7 nitrogen and oxygen atoms in total. The van der Waals surface area contributed by atoms with Crippen molar-refractivity contribution in [2.45, 2.75) is 26.3 Å². The zero-order valence-corrected chi connectivity index (χ0v) is 17.2. The van der Waals surface area contributed by atoms with Crippen molar-refractivity contribution >= 4 is 23.9 Å². The molecule has 0 radical (unpaired) electrons. The van der Waals surface area contributed by atoms with E-state index in [1.165, 1.54) is 13.2 Å². The molecule has 0 aliphatic rings. The molecule has 7 heteroatoms. The van der Waals surface area contributed by atoms with Gasteiger partial charge >= 0.3 is 5.97 Å². The number of carboxylic acid groups (broad SMARTS) is 1. The minimum Gasteiger partial charge on any atom is -0.496 e. The maximum Gasteiger partial charge on any atom is 0.326 e. The molecule has 0 aliphatic carbocycles. The second-order valence-electron chi connectivity index (χ2n) is 7.12. The molecule has 30 heavy (non-hydrogen) atoms. The standard InChI is InChI=1S/C23H26N2O5/c1-15(2)13-19(23(28)29)25-22(27)18(14-16-9-5-4-6-10-16)24-21(26)17-11-7-8-12-20(17)30-3/h4-12,14-15,19H,13H2,1-3H3,(H,24,26)(H,25,27)(H,28,29)/b18-14-. The van der Waals surface area contributed by atoms with Gasteiger partial charge < -0.3 is 20.5 Å². The number of para-hydroxylation sites is 1. The van der Waals surface area contributed by atoms with Crippen LogP contribution in [0.25, 0.3) is 6.08 Å². The first kappa shape index (κ1) is 22.7. The number of methoxy groups -OCH3 is 1. The van der Waals surface area contributed by atoms with Gasteiger partial charge in [0.05, 0.1) is 12.7 Å². The average molecular weight is 410 g/mol. The van der Waals surface area contributed by atoms with E-state index in [9.17, 15) is 19.5 Å². The number of aliphatic carboxylic acids is 1. The Balaban J connectivity index is 2.33. The highest BCUT2D eigenvalue weighted by Gasteiger charge is 2.24. The van der Waals surface area contributed by atoms with Gasteiger partial charge in [0.1, 0.15) is 17.5 Å². The van der Waals surface area contributed by atoms with Crippen molar-refractivity contribution in [1.29, 1.82) is 0 Å². The van der Waals surface area contributed by atoms with Crippen LogP contribution < -0.4 is 15.4 Å². The number of ether oxygens (including phenoxy) is 1. The third-order valence-electron chi connectivity index (χ3n) is 4.27. The highest BCUT2D eigenvalue weighted by atomic mass is 16.5. The molecule has 2 rings (SSSR count). The fourth-order valence-corrected chi connectivity index (χ4v) is 2.83. The molecule has 0 saturated carbocycles. The van der Waals surface area contributed by atoms with Gasteiger partial charge in [-0.2, -0.15) is 0 Å². The molecule has 0 fully saturated rings. The van der Waals surface area contributed by atoms with Gasteiger partial charge in [-0.3, -0.25) is 9.59 Å². The molecule has 3 N–H and O–H groups in total. The van der Waals surface area contributed by atoms with E-state index >= 15 is 0 Å². The Hall–Kier alpha value is -3.61. The number of hydrogen-bond donors (Lipinski definition) is 3. The largest absolute Gasteiger partial charge is 0.496 e. The predicted molar refractivity (Wildman–Crippen MR) is 114 cm³/mol. The molecule has 2 aromatic rings. The zero-order valence-electron chi connectivity index (χ0n) is 17.2. The van der Waals surface area contributed by atoms with Crippen LogP contribution in [0.3, 0.4) is 0 Å². The maximum atomic E-state index is 12.9. The van der Waals surface area contributed by atoms with E-state index in [2.05, 4.69) is 10.6 Å². The monoisotopic (exact) mass is 410 g/mol. The van der Waals surface area contributed by atoms with E-state index in [0.29, 0.717) is 11.3 Å². The van der Waals surface area contributed by atoms with Crippen LogP contribution in [-0.4, -0.2) is 36.0 Å². The van der Waals surface area contributed by atoms with Crippen molar-refractivity contribution in [2.75, 3.05) is 7.11 Å². The summed E-state index contributed by atoms with van der Waals surface area (Å²) in [6.07, 6.45) is 1.76. The minimum absolute atomic E-state index is 0.0629. The first-order chi connectivity index (χ1) is 14.3. The van der Waals surface area contributed by atoms with Gasteiger partial charge in [-0.05, 0) is 36.1 Å². The van der Waals surface area contributed by atoms with E-state index in [1.807, 2.05) is 19.9 Å². The van der Waals surface area contributed by atoms with Crippen molar-refractivity contribution in [3.63, 3.8) is 0 Å². The second kappa shape index (κ2) is 10.8. The summed E-state index contributed by atoms with van der Waals surface area (Å²) in [5, 5.41) is 14.5. The molecular weight excluding hydrogens is 384 g/mol. The zero-order chi connectivity index (χ0) is 22.1. The van der Waals surface area contributed by atoms with Gasteiger partial charge in [0.2, 0.25) is 0 Å². The summed E-state index contributed by atoms with van der Waals surface area (Å²) in [5.74, 6) is -1.93. The first-order valence-corrected chi connectivity index (χ1v) is 9.56. The summed E-state index contributed by atoms with van der Waals surface area (Å²) in [4.78, 5) is 37.2. The first-order valence-electron chi connectivity index (χ1n) is 9.56. The summed E-state index contributed by atoms with van der Waals surface area (Å²) in [7, 11) is 1.45. The number of carboxylic acids is 1. The molecule has 0 spiro atoms. The normalized spacial score (nSPS) is 12.2. The minimum atomic E-state index is -1.13. The van der Waals surface area contributed by atoms with Gasteiger partial charge in [-0.15, -0.1) is 0 Å². The number of carbonyl (C=O) groups excluding carboxylic acids is 2. The topological polar surface area (TPSA) is 105 Å². The molecule has 0 aliphatic heterocycles. The van der Waals surface area contributed by atoms with Crippen LogP contribution in [-0.2, 0) is 9.59 Å². The predicted octanol–water partition coefficient (Wildman–Crippen LogP) is 3.08. The molecule has 0 aromatic heterocycles. The molecule has 1 unspecified atom stereocenters. The fourth-order valence-electron chi connectivity index (χ4n) is 2.83. The molecule has 0 bridgehead atoms. The smallest absolute Gasteiger partial charge is 0.326 e. The van der Waals surface area contributed by atoms with Crippen molar-refractivity contribution in [3.8, 4) is 5.75 Å². The molecule has 0 saturated heterocycles. The van der Waals surface area contributed by atoms with E-state index in [-0.39, 0.29) is 23.6 Å². The molecular formula is C23H26N2O5. The lowest BCUT2D eigenvalue weighted by Crippen LogP contribution is -2.45. The summed E-state index contributed by atoms with van der Waals surface area (Å²) in [6, 6.07) is 14.5. The van der Waals surface area contributed by atoms with Crippen LogP contribution in [0.5, 0.6) is 5.75 Å². The Kier molecular flexibility index (Phi) is 8.17. The Morgan fingerprint density at radius 3 is 2.27 bits per heavy atom.